The van der Waals surface area contributed by atoms with Crippen molar-refractivity contribution in [3.63, 3.8) is 0 Å². The Morgan fingerprint density at radius 2 is 1.95 bits per heavy atom. The van der Waals surface area contributed by atoms with E-state index in [2.05, 4.69) is 32.6 Å². The summed E-state index contributed by atoms with van der Waals surface area (Å²) in [5.41, 5.74) is 1.22. The molecule has 1 saturated heterocycles. The molecule has 2 unspecified atom stereocenters. The van der Waals surface area contributed by atoms with Gasteiger partial charge < -0.3 is 4.90 Å². The number of benzene rings is 1. The van der Waals surface area contributed by atoms with Crippen molar-refractivity contribution >= 4 is 5.78 Å². The van der Waals surface area contributed by atoms with Gasteiger partial charge in [0.05, 0.1) is 0 Å². The van der Waals surface area contributed by atoms with E-state index in [0.29, 0.717) is 5.41 Å². The van der Waals surface area contributed by atoms with E-state index in [4.69, 9.17) is 0 Å². The first-order valence-electron chi connectivity index (χ1n) is 7.69. The smallest absolute Gasteiger partial charge is 0.166 e. The normalized spacial score (nSPS) is 21.9. The summed E-state index contributed by atoms with van der Waals surface area (Å²) < 4.78 is 0. The molecule has 0 bridgehead atoms. The number of hydrogen-bond donors (Lipinski definition) is 0. The molecule has 1 aromatic rings. The average Bonchev–Trinajstić information content (AvgIpc) is 2.87. The predicted octanol–water partition coefficient (Wildman–Crippen LogP) is 3.87. The quantitative estimate of drug-likeness (QED) is 0.776. The predicted molar refractivity (Wildman–Crippen MR) is 83.9 cm³/mol. The Morgan fingerprint density at radius 3 is 2.50 bits per heavy atom. The van der Waals surface area contributed by atoms with Crippen molar-refractivity contribution in [3.8, 4) is 0 Å². The first-order valence-corrected chi connectivity index (χ1v) is 7.69. The van der Waals surface area contributed by atoms with Crippen LogP contribution in [0, 0.1) is 17.3 Å². The Balaban J connectivity index is 1.90. The monoisotopic (exact) mass is 273 g/mol. The van der Waals surface area contributed by atoms with Crippen molar-refractivity contribution in [2.45, 2.75) is 34.1 Å². The number of carbonyl (C=O) groups is 1. The maximum atomic E-state index is 12.4. The van der Waals surface area contributed by atoms with Crippen LogP contribution in [0.2, 0.25) is 0 Å². The van der Waals surface area contributed by atoms with Crippen molar-refractivity contribution in [2.24, 2.45) is 17.3 Å². The van der Waals surface area contributed by atoms with E-state index in [0.717, 1.165) is 31.1 Å². The second kappa shape index (κ2) is 6.09. The van der Waals surface area contributed by atoms with E-state index >= 15 is 0 Å². The zero-order chi connectivity index (χ0) is 14.8. The maximum absolute atomic E-state index is 12.4. The SMILES string of the molecule is CC(CN1CCC(C(C)(C)C)C1)C(=O)c1ccccc1. The van der Waals surface area contributed by atoms with Crippen LogP contribution in [0.15, 0.2) is 30.3 Å². The number of ketones is 1. The summed E-state index contributed by atoms with van der Waals surface area (Å²) in [6.07, 6.45) is 1.26. The van der Waals surface area contributed by atoms with Gasteiger partial charge in [0.25, 0.3) is 0 Å². The summed E-state index contributed by atoms with van der Waals surface area (Å²) >= 11 is 0. The zero-order valence-electron chi connectivity index (χ0n) is 13.2. The van der Waals surface area contributed by atoms with Gasteiger partial charge in [-0.05, 0) is 24.3 Å². The highest BCUT2D eigenvalue weighted by molar-refractivity contribution is 5.97. The Morgan fingerprint density at radius 1 is 1.30 bits per heavy atom. The number of nitrogens with zero attached hydrogens (tertiary/aromatic N) is 1. The summed E-state index contributed by atoms with van der Waals surface area (Å²) in [6.45, 7) is 12.2. The molecular weight excluding hydrogens is 246 g/mol. The van der Waals surface area contributed by atoms with Crippen molar-refractivity contribution in [1.29, 1.82) is 0 Å². The Bertz CT molecular complexity index is 446. The van der Waals surface area contributed by atoms with Crippen LogP contribution < -0.4 is 0 Å². The fraction of sp³-hybridized carbons (Fsp3) is 0.611. The lowest BCUT2D eigenvalue weighted by molar-refractivity contribution is 0.0899. The third kappa shape index (κ3) is 3.69. The molecule has 20 heavy (non-hydrogen) atoms. The lowest BCUT2D eigenvalue weighted by Crippen LogP contribution is -2.32. The molecule has 2 atom stereocenters. The van der Waals surface area contributed by atoms with Crippen LogP contribution >= 0.6 is 0 Å². The number of Topliss-reactive ketones (excluding diaryl/α,β-unsaturated/α-hetero) is 1. The van der Waals surface area contributed by atoms with Crippen LogP contribution in [0.4, 0.5) is 0 Å². The molecule has 0 N–H and O–H groups in total. The summed E-state index contributed by atoms with van der Waals surface area (Å²) in [6, 6.07) is 9.66. The molecule has 2 heteroatoms. The van der Waals surface area contributed by atoms with Crippen molar-refractivity contribution in [3.05, 3.63) is 35.9 Å². The summed E-state index contributed by atoms with van der Waals surface area (Å²) in [5.74, 6) is 1.10. The zero-order valence-corrected chi connectivity index (χ0v) is 13.2. The highest BCUT2D eigenvalue weighted by Gasteiger charge is 2.32. The van der Waals surface area contributed by atoms with E-state index in [-0.39, 0.29) is 11.7 Å². The largest absolute Gasteiger partial charge is 0.302 e. The molecule has 1 aliphatic rings. The van der Waals surface area contributed by atoms with Gasteiger partial charge in [0.1, 0.15) is 0 Å². The van der Waals surface area contributed by atoms with Crippen LogP contribution in [0.5, 0.6) is 0 Å². The van der Waals surface area contributed by atoms with E-state index in [1.54, 1.807) is 0 Å². The number of likely N-dealkylation sites (tertiary alicyclic amines) is 1. The Hall–Kier alpha value is -1.15. The summed E-state index contributed by atoms with van der Waals surface area (Å²) in [4.78, 5) is 14.8. The minimum absolute atomic E-state index is 0.0797. The highest BCUT2D eigenvalue weighted by atomic mass is 16.1. The maximum Gasteiger partial charge on any atom is 0.166 e. The molecule has 0 aromatic heterocycles. The molecule has 1 fully saturated rings. The van der Waals surface area contributed by atoms with Gasteiger partial charge in [-0.2, -0.15) is 0 Å². The Labute approximate surface area is 123 Å². The van der Waals surface area contributed by atoms with Crippen LogP contribution in [-0.2, 0) is 0 Å². The Kier molecular flexibility index (Phi) is 4.64. The van der Waals surface area contributed by atoms with Crippen LogP contribution in [0.25, 0.3) is 0 Å². The third-order valence-electron chi connectivity index (χ3n) is 4.54. The molecule has 110 valence electrons. The fourth-order valence-electron chi connectivity index (χ4n) is 3.06. The molecule has 0 aliphatic carbocycles. The van der Waals surface area contributed by atoms with Gasteiger partial charge in [-0.3, -0.25) is 4.79 Å². The second-order valence-corrected chi connectivity index (χ2v) is 7.24. The highest BCUT2D eigenvalue weighted by Crippen LogP contribution is 2.33. The van der Waals surface area contributed by atoms with Crippen LogP contribution in [0.1, 0.15) is 44.5 Å². The molecule has 0 saturated carbocycles. The van der Waals surface area contributed by atoms with Crippen molar-refractivity contribution in [2.75, 3.05) is 19.6 Å². The minimum Gasteiger partial charge on any atom is -0.302 e. The first-order chi connectivity index (χ1) is 9.38. The molecule has 1 aliphatic heterocycles. The van der Waals surface area contributed by atoms with Gasteiger partial charge in [-0.15, -0.1) is 0 Å². The lowest BCUT2D eigenvalue weighted by Gasteiger charge is -2.27. The molecular formula is C18H27NO. The van der Waals surface area contributed by atoms with Gasteiger partial charge in [0.2, 0.25) is 0 Å². The number of hydrogen-bond acceptors (Lipinski definition) is 2. The van der Waals surface area contributed by atoms with Gasteiger partial charge in [0.15, 0.2) is 5.78 Å². The fourth-order valence-corrected chi connectivity index (χ4v) is 3.06. The van der Waals surface area contributed by atoms with Gasteiger partial charge in [-0.1, -0.05) is 58.0 Å². The standard InChI is InChI=1S/C18H27NO/c1-14(17(20)15-8-6-5-7-9-15)12-19-11-10-16(13-19)18(2,3)4/h5-9,14,16H,10-13H2,1-4H3. The van der Waals surface area contributed by atoms with Crippen LogP contribution in [-0.4, -0.2) is 30.3 Å². The number of carbonyl (C=O) groups excluding carboxylic acids is 1. The van der Waals surface area contributed by atoms with Gasteiger partial charge in [0, 0.05) is 24.6 Å². The summed E-state index contributed by atoms with van der Waals surface area (Å²) in [5, 5.41) is 0. The molecule has 1 aromatic carbocycles. The van der Waals surface area contributed by atoms with E-state index in [1.807, 2.05) is 30.3 Å². The van der Waals surface area contributed by atoms with Crippen molar-refractivity contribution in [1.82, 2.24) is 4.90 Å². The van der Waals surface area contributed by atoms with Crippen molar-refractivity contribution < 1.29 is 4.79 Å². The van der Waals surface area contributed by atoms with E-state index in [9.17, 15) is 4.79 Å². The molecule has 1 heterocycles. The third-order valence-corrected chi connectivity index (χ3v) is 4.54. The van der Waals surface area contributed by atoms with E-state index < -0.39 is 0 Å². The van der Waals surface area contributed by atoms with E-state index in [1.165, 1.54) is 6.42 Å². The molecule has 0 radical (unpaired) electrons. The number of rotatable bonds is 4. The average molecular weight is 273 g/mol. The van der Waals surface area contributed by atoms with Gasteiger partial charge >= 0.3 is 0 Å². The minimum atomic E-state index is 0.0797. The topological polar surface area (TPSA) is 20.3 Å². The first kappa shape index (κ1) is 15.2. The lowest BCUT2D eigenvalue weighted by atomic mass is 9.80. The molecule has 2 nitrogen and oxygen atoms in total. The second-order valence-electron chi connectivity index (χ2n) is 7.24. The van der Waals surface area contributed by atoms with Gasteiger partial charge in [-0.25, -0.2) is 0 Å². The summed E-state index contributed by atoms with van der Waals surface area (Å²) in [7, 11) is 0. The molecule has 0 amide bonds. The van der Waals surface area contributed by atoms with Crippen LogP contribution in [0.3, 0.4) is 0 Å². The molecule has 2 rings (SSSR count). The molecule has 0 spiro atoms.